The van der Waals surface area contributed by atoms with Crippen LogP contribution in [0.15, 0.2) is 36.5 Å². The second-order valence-corrected chi connectivity index (χ2v) is 6.14. The van der Waals surface area contributed by atoms with Crippen molar-refractivity contribution in [1.82, 2.24) is 15.2 Å². The van der Waals surface area contributed by atoms with E-state index in [2.05, 4.69) is 46.4 Å². The third-order valence-corrected chi connectivity index (χ3v) is 4.60. The van der Waals surface area contributed by atoms with Gasteiger partial charge in [-0.15, -0.1) is 11.3 Å². The molecule has 3 nitrogen and oxygen atoms in total. The summed E-state index contributed by atoms with van der Waals surface area (Å²) >= 11 is 1.81. The van der Waals surface area contributed by atoms with Crippen LogP contribution in [-0.4, -0.2) is 35.6 Å². The lowest BCUT2D eigenvalue weighted by Gasteiger charge is -2.33. The first-order chi connectivity index (χ1) is 9.33. The van der Waals surface area contributed by atoms with Crippen LogP contribution in [0.3, 0.4) is 0 Å². The molecule has 1 aromatic carbocycles. The van der Waals surface area contributed by atoms with Crippen molar-refractivity contribution >= 4 is 11.3 Å². The van der Waals surface area contributed by atoms with E-state index in [-0.39, 0.29) is 0 Å². The van der Waals surface area contributed by atoms with E-state index in [1.54, 1.807) is 0 Å². The molecule has 0 aliphatic carbocycles. The van der Waals surface area contributed by atoms with Gasteiger partial charge in [-0.25, -0.2) is 4.98 Å². The number of benzene rings is 1. The lowest BCUT2D eigenvalue weighted by atomic mass is 10.2. The fourth-order valence-electron chi connectivity index (χ4n) is 2.41. The first-order valence-corrected chi connectivity index (χ1v) is 7.59. The molecule has 0 radical (unpaired) electrons. The summed E-state index contributed by atoms with van der Waals surface area (Å²) in [5.41, 5.74) is 1.21. The first-order valence-electron chi connectivity index (χ1n) is 6.78. The third-order valence-electron chi connectivity index (χ3n) is 3.57. The van der Waals surface area contributed by atoms with E-state index in [0.717, 1.165) is 31.2 Å². The zero-order valence-corrected chi connectivity index (χ0v) is 12.0. The number of nitrogens with zero attached hydrogens (tertiary/aromatic N) is 2. The molecule has 2 aromatic rings. The van der Waals surface area contributed by atoms with Crippen LogP contribution in [-0.2, 0) is 6.54 Å². The number of hydrogen-bond donors (Lipinski definition) is 1. The standard InChI is InChI=1S/C15H19N3S/c1-12-9-16-7-8-18(12)11-14-10-17-15(19-14)13-5-3-2-4-6-13/h2-6,10,12,16H,7-9,11H2,1H3/t12-/m1/s1. The molecule has 0 amide bonds. The first kappa shape index (κ1) is 12.8. The van der Waals surface area contributed by atoms with Gasteiger partial charge in [-0.2, -0.15) is 0 Å². The van der Waals surface area contributed by atoms with Gasteiger partial charge in [-0.3, -0.25) is 4.90 Å². The van der Waals surface area contributed by atoms with E-state index in [0.29, 0.717) is 6.04 Å². The number of nitrogens with one attached hydrogen (secondary N) is 1. The van der Waals surface area contributed by atoms with Crippen LogP contribution in [0.1, 0.15) is 11.8 Å². The van der Waals surface area contributed by atoms with E-state index in [1.807, 2.05) is 23.6 Å². The third kappa shape index (κ3) is 3.03. The quantitative estimate of drug-likeness (QED) is 0.931. The average molecular weight is 273 g/mol. The SMILES string of the molecule is C[C@@H]1CNCCN1Cc1cnc(-c2ccccc2)s1. The van der Waals surface area contributed by atoms with Crippen molar-refractivity contribution < 1.29 is 0 Å². The molecule has 3 rings (SSSR count). The molecule has 1 saturated heterocycles. The molecule has 1 aromatic heterocycles. The molecular weight excluding hydrogens is 254 g/mol. The van der Waals surface area contributed by atoms with Crippen LogP contribution >= 0.6 is 11.3 Å². The van der Waals surface area contributed by atoms with Gasteiger partial charge in [0.2, 0.25) is 0 Å². The van der Waals surface area contributed by atoms with Gasteiger partial charge in [0.15, 0.2) is 0 Å². The van der Waals surface area contributed by atoms with Gasteiger partial charge >= 0.3 is 0 Å². The Morgan fingerprint density at radius 3 is 3.00 bits per heavy atom. The van der Waals surface area contributed by atoms with E-state index in [4.69, 9.17) is 0 Å². The molecule has 100 valence electrons. The van der Waals surface area contributed by atoms with Crippen LogP contribution in [0.5, 0.6) is 0 Å². The zero-order chi connectivity index (χ0) is 13.1. The second kappa shape index (κ2) is 5.82. The van der Waals surface area contributed by atoms with Crippen molar-refractivity contribution in [1.29, 1.82) is 0 Å². The van der Waals surface area contributed by atoms with Crippen LogP contribution in [0, 0.1) is 0 Å². The van der Waals surface area contributed by atoms with Gasteiger partial charge in [-0.1, -0.05) is 30.3 Å². The highest BCUT2D eigenvalue weighted by molar-refractivity contribution is 7.15. The molecule has 1 N–H and O–H groups in total. The molecule has 0 spiro atoms. The number of rotatable bonds is 3. The van der Waals surface area contributed by atoms with Crippen molar-refractivity contribution in [2.24, 2.45) is 0 Å². The Kier molecular flexibility index (Phi) is 3.92. The van der Waals surface area contributed by atoms with Gasteiger partial charge in [-0.05, 0) is 6.92 Å². The topological polar surface area (TPSA) is 28.2 Å². The smallest absolute Gasteiger partial charge is 0.123 e. The number of thiazole rings is 1. The minimum absolute atomic E-state index is 0.607. The van der Waals surface area contributed by atoms with E-state index >= 15 is 0 Å². The summed E-state index contributed by atoms with van der Waals surface area (Å²) in [4.78, 5) is 8.43. The fraction of sp³-hybridized carbons (Fsp3) is 0.400. The fourth-order valence-corrected chi connectivity index (χ4v) is 3.36. The Labute approximate surface area is 118 Å². The predicted octanol–water partition coefficient (Wildman–Crippen LogP) is 2.60. The predicted molar refractivity (Wildman–Crippen MR) is 80.3 cm³/mol. The van der Waals surface area contributed by atoms with Gasteiger partial charge in [0, 0.05) is 48.9 Å². The number of hydrogen-bond acceptors (Lipinski definition) is 4. The molecule has 1 atom stereocenters. The van der Waals surface area contributed by atoms with Crippen molar-refractivity contribution in [3.63, 3.8) is 0 Å². The lowest BCUT2D eigenvalue weighted by molar-refractivity contribution is 0.167. The Hall–Kier alpha value is -1.23. The Bertz CT molecular complexity index is 523. The van der Waals surface area contributed by atoms with Crippen LogP contribution < -0.4 is 5.32 Å². The molecule has 0 unspecified atom stereocenters. The minimum Gasteiger partial charge on any atom is -0.314 e. The summed E-state index contributed by atoms with van der Waals surface area (Å²) in [5.74, 6) is 0. The van der Waals surface area contributed by atoms with Crippen LogP contribution in [0.4, 0.5) is 0 Å². The number of aromatic nitrogens is 1. The average Bonchev–Trinajstić information content (AvgIpc) is 2.91. The van der Waals surface area contributed by atoms with Gasteiger partial charge in [0.25, 0.3) is 0 Å². The van der Waals surface area contributed by atoms with Crippen LogP contribution in [0.2, 0.25) is 0 Å². The molecule has 4 heteroatoms. The minimum atomic E-state index is 0.607. The van der Waals surface area contributed by atoms with Gasteiger partial charge in [0.1, 0.15) is 5.01 Å². The maximum absolute atomic E-state index is 4.55. The molecule has 19 heavy (non-hydrogen) atoms. The Morgan fingerprint density at radius 2 is 2.21 bits per heavy atom. The Balaban J connectivity index is 1.71. The highest BCUT2D eigenvalue weighted by atomic mass is 32.1. The molecule has 0 saturated carbocycles. The molecule has 0 bridgehead atoms. The van der Waals surface area contributed by atoms with Crippen molar-refractivity contribution in [2.45, 2.75) is 19.5 Å². The molecular formula is C15H19N3S. The summed E-state index contributed by atoms with van der Waals surface area (Å²) in [7, 11) is 0. The zero-order valence-electron chi connectivity index (χ0n) is 11.2. The van der Waals surface area contributed by atoms with Gasteiger partial charge in [0.05, 0.1) is 0 Å². The molecule has 1 fully saturated rings. The van der Waals surface area contributed by atoms with E-state index < -0.39 is 0 Å². The highest BCUT2D eigenvalue weighted by Gasteiger charge is 2.18. The van der Waals surface area contributed by atoms with Crippen molar-refractivity contribution in [2.75, 3.05) is 19.6 Å². The molecule has 2 heterocycles. The van der Waals surface area contributed by atoms with E-state index in [9.17, 15) is 0 Å². The maximum Gasteiger partial charge on any atom is 0.123 e. The largest absolute Gasteiger partial charge is 0.314 e. The van der Waals surface area contributed by atoms with E-state index in [1.165, 1.54) is 10.4 Å². The maximum atomic E-state index is 4.55. The van der Waals surface area contributed by atoms with Gasteiger partial charge < -0.3 is 5.32 Å². The molecule has 1 aliphatic rings. The number of piperazine rings is 1. The second-order valence-electron chi connectivity index (χ2n) is 5.02. The summed E-state index contributed by atoms with van der Waals surface area (Å²) in [6, 6.07) is 11.0. The summed E-state index contributed by atoms with van der Waals surface area (Å²) in [6.45, 7) is 6.61. The summed E-state index contributed by atoms with van der Waals surface area (Å²) in [5, 5.41) is 4.55. The van der Waals surface area contributed by atoms with Crippen molar-refractivity contribution in [3.05, 3.63) is 41.4 Å². The normalized spacial score (nSPS) is 20.6. The van der Waals surface area contributed by atoms with Crippen LogP contribution in [0.25, 0.3) is 10.6 Å². The highest BCUT2D eigenvalue weighted by Crippen LogP contribution is 2.26. The van der Waals surface area contributed by atoms with Crippen molar-refractivity contribution in [3.8, 4) is 10.6 Å². The Morgan fingerprint density at radius 1 is 1.37 bits per heavy atom. The summed E-state index contributed by atoms with van der Waals surface area (Å²) < 4.78 is 0. The monoisotopic (exact) mass is 273 g/mol. The lowest BCUT2D eigenvalue weighted by Crippen LogP contribution is -2.49. The molecule has 1 aliphatic heterocycles. The summed E-state index contributed by atoms with van der Waals surface area (Å²) in [6.07, 6.45) is 2.03.